The zero-order valence-electron chi connectivity index (χ0n) is 12.2. The summed E-state index contributed by atoms with van der Waals surface area (Å²) in [7, 11) is 1.70. The second kappa shape index (κ2) is 9.84. The molecular weight excluding hydrogens is 224 g/mol. The van der Waals surface area contributed by atoms with E-state index in [0.29, 0.717) is 18.6 Å². The van der Waals surface area contributed by atoms with Gasteiger partial charge < -0.3 is 4.74 Å². The lowest BCUT2D eigenvalue weighted by Crippen LogP contribution is -1.98. The quantitative estimate of drug-likeness (QED) is 0.452. The van der Waals surface area contributed by atoms with Crippen molar-refractivity contribution < 1.29 is 9.53 Å². The highest BCUT2D eigenvalue weighted by Gasteiger charge is 2.02. The van der Waals surface area contributed by atoms with E-state index in [9.17, 15) is 4.79 Å². The molecule has 0 saturated carbocycles. The number of carbonyl (C=O) groups excluding carboxylic acids is 1. The zero-order valence-corrected chi connectivity index (χ0v) is 12.2. The number of hydrogen-bond acceptors (Lipinski definition) is 2. The van der Waals surface area contributed by atoms with Crippen LogP contribution >= 0.6 is 0 Å². The first kappa shape index (κ1) is 16.9. The van der Waals surface area contributed by atoms with Crippen molar-refractivity contribution in [3.05, 3.63) is 35.5 Å². The van der Waals surface area contributed by atoms with Gasteiger partial charge in [0.2, 0.25) is 0 Å². The Hall–Kier alpha value is -1.15. The summed E-state index contributed by atoms with van der Waals surface area (Å²) in [6, 6.07) is 0. The van der Waals surface area contributed by atoms with Gasteiger partial charge in [0.1, 0.15) is 0 Å². The minimum atomic E-state index is 0.166. The molecular formula is C16H26O2. The lowest BCUT2D eigenvalue weighted by Gasteiger charge is -2.02. The van der Waals surface area contributed by atoms with Crippen molar-refractivity contribution in [3.63, 3.8) is 0 Å². The maximum atomic E-state index is 11.4. The molecule has 0 saturated heterocycles. The number of ether oxygens (including phenoxy) is 1. The molecule has 0 amide bonds. The third-order valence-electron chi connectivity index (χ3n) is 2.85. The highest BCUT2D eigenvalue weighted by Crippen LogP contribution is 2.11. The van der Waals surface area contributed by atoms with Crippen LogP contribution in [0, 0.1) is 0 Å². The number of carbonyl (C=O) groups is 1. The first-order chi connectivity index (χ1) is 8.47. The summed E-state index contributed by atoms with van der Waals surface area (Å²) in [6.45, 7) is 10.3. The highest BCUT2D eigenvalue weighted by molar-refractivity contribution is 5.94. The third kappa shape index (κ3) is 8.94. The SMILES string of the molecule is C=C(C)C(=O)CC/C(C)=C/CC/C(C)=C/COC. The van der Waals surface area contributed by atoms with Crippen LogP contribution in [0.1, 0.15) is 46.5 Å². The molecule has 0 spiro atoms. The summed E-state index contributed by atoms with van der Waals surface area (Å²) in [6.07, 6.45) is 7.82. The largest absolute Gasteiger partial charge is 0.381 e. The third-order valence-corrected chi connectivity index (χ3v) is 2.85. The topological polar surface area (TPSA) is 26.3 Å². The Morgan fingerprint density at radius 1 is 1.06 bits per heavy atom. The molecule has 18 heavy (non-hydrogen) atoms. The first-order valence-corrected chi connectivity index (χ1v) is 6.46. The number of hydrogen-bond donors (Lipinski definition) is 0. The molecule has 0 rings (SSSR count). The number of Topliss-reactive ketones (excluding diaryl/α,β-unsaturated/α-hetero) is 1. The molecule has 0 aromatic carbocycles. The van der Waals surface area contributed by atoms with Crippen LogP contribution in [-0.2, 0) is 9.53 Å². The highest BCUT2D eigenvalue weighted by atomic mass is 16.5. The molecule has 2 nitrogen and oxygen atoms in total. The molecule has 0 aliphatic rings. The van der Waals surface area contributed by atoms with Crippen molar-refractivity contribution in [1.29, 1.82) is 0 Å². The average molecular weight is 250 g/mol. The monoisotopic (exact) mass is 250 g/mol. The summed E-state index contributed by atoms with van der Waals surface area (Å²) in [5.74, 6) is 0.166. The molecule has 2 heteroatoms. The van der Waals surface area contributed by atoms with Crippen molar-refractivity contribution in [2.75, 3.05) is 13.7 Å². The number of rotatable bonds is 9. The predicted octanol–water partition coefficient (Wildman–Crippen LogP) is 4.23. The van der Waals surface area contributed by atoms with E-state index in [-0.39, 0.29) is 5.78 Å². The molecule has 0 aliphatic heterocycles. The van der Waals surface area contributed by atoms with Gasteiger partial charge in [0.15, 0.2) is 5.78 Å². The van der Waals surface area contributed by atoms with Crippen LogP contribution in [0.15, 0.2) is 35.5 Å². The van der Waals surface area contributed by atoms with E-state index < -0.39 is 0 Å². The Bertz CT molecular complexity index is 335. The molecule has 0 aliphatic carbocycles. The van der Waals surface area contributed by atoms with E-state index >= 15 is 0 Å². The second-order valence-corrected chi connectivity index (χ2v) is 4.80. The molecule has 102 valence electrons. The Balaban J connectivity index is 3.91. The Morgan fingerprint density at radius 3 is 2.22 bits per heavy atom. The van der Waals surface area contributed by atoms with Crippen LogP contribution in [0.4, 0.5) is 0 Å². The van der Waals surface area contributed by atoms with Crippen molar-refractivity contribution >= 4 is 5.78 Å². The van der Waals surface area contributed by atoms with Gasteiger partial charge in [-0.25, -0.2) is 0 Å². The normalized spacial score (nSPS) is 12.7. The van der Waals surface area contributed by atoms with Crippen molar-refractivity contribution in [2.45, 2.75) is 46.5 Å². The maximum Gasteiger partial charge on any atom is 0.158 e. The summed E-state index contributed by atoms with van der Waals surface area (Å²) < 4.78 is 4.99. The minimum absolute atomic E-state index is 0.166. The van der Waals surface area contributed by atoms with Gasteiger partial charge >= 0.3 is 0 Å². The number of allylic oxidation sites excluding steroid dienone is 4. The van der Waals surface area contributed by atoms with Crippen LogP contribution in [-0.4, -0.2) is 19.5 Å². The fourth-order valence-corrected chi connectivity index (χ4v) is 1.50. The van der Waals surface area contributed by atoms with Crippen molar-refractivity contribution in [3.8, 4) is 0 Å². The fraction of sp³-hybridized carbons (Fsp3) is 0.562. The van der Waals surface area contributed by atoms with Gasteiger partial charge in [-0.2, -0.15) is 0 Å². The number of methoxy groups -OCH3 is 1. The van der Waals surface area contributed by atoms with Gasteiger partial charge in [-0.15, -0.1) is 0 Å². The van der Waals surface area contributed by atoms with Gasteiger partial charge in [0.05, 0.1) is 6.61 Å². The molecule has 0 bridgehead atoms. The molecule has 0 heterocycles. The molecule has 0 radical (unpaired) electrons. The van der Waals surface area contributed by atoms with Gasteiger partial charge in [0, 0.05) is 13.5 Å². The molecule has 0 unspecified atom stereocenters. The van der Waals surface area contributed by atoms with Crippen LogP contribution in [0.25, 0.3) is 0 Å². The fourth-order valence-electron chi connectivity index (χ4n) is 1.50. The van der Waals surface area contributed by atoms with Crippen LogP contribution < -0.4 is 0 Å². The standard InChI is InChI=1S/C16H26O2/c1-13(2)16(17)10-9-14(3)7-6-8-15(4)11-12-18-5/h7,11H,1,6,8-10,12H2,2-5H3/b14-7+,15-11+. The van der Waals surface area contributed by atoms with E-state index in [4.69, 9.17) is 4.74 Å². The summed E-state index contributed by atoms with van der Waals surface area (Å²) >= 11 is 0. The summed E-state index contributed by atoms with van der Waals surface area (Å²) in [4.78, 5) is 11.4. The van der Waals surface area contributed by atoms with Gasteiger partial charge in [-0.05, 0) is 45.6 Å². The maximum absolute atomic E-state index is 11.4. The van der Waals surface area contributed by atoms with Crippen LogP contribution in [0.5, 0.6) is 0 Å². The number of ketones is 1. The molecule has 0 fully saturated rings. The van der Waals surface area contributed by atoms with E-state index in [1.807, 2.05) is 0 Å². The predicted molar refractivity (Wildman–Crippen MR) is 77.7 cm³/mol. The lowest BCUT2D eigenvalue weighted by molar-refractivity contribution is -0.115. The van der Waals surface area contributed by atoms with E-state index in [1.165, 1.54) is 11.1 Å². The van der Waals surface area contributed by atoms with E-state index in [0.717, 1.165) is 19.3 Å². The van der Waals surface area contributed by atoms with E-state index in [2.05, 4.69) is 32.6 Å². The molecule has 0 aromatic heterocycles. The first-order valence-electron chi connectivity index (χ1n) is 6.46. The molecule has 0 aromatic rings. The Labute approximate surface area is 111 Å². The average Bonchev–Trinajstić information content (AvgIpc) is 2.33. The van der Waals surface area contributed by atoms with Crippen molar-refractivity contribution in [1.82, 2.24) is 0 Å². The Kier molecular flexibility index (Phi) is 9.21. The molecule has 0 N–H and O–H groups in total. The minimum Gasteiger partial charge on any atom is -0.381 e. The van der Waals surface area contributed by atoms with Crippen LogP contribution in [0.3, 0.4) is 0 Å². The second-order valence-electron chi connectivity index (χ2n) is 4.80. The zero-order chi connectivity index (χ0) is 14.0. The van der Waals surface area contributed by atoms with Gasteiger partial charge in [-0.3, -0.25) is 4.79 Å². The van der Waals surface area contributed by atoms with E-state index in [1.54, 1.807) is 14.0 Å². The summed E-state index contributed by atoms with van der Waals surface area (Å²) in [5.41, 5.74) is 3.28. The lowest BCUT2D eigenvalue weighted by atomic mass is 10.0. The van der Waals surface area contributed by atoms with Gasteiger partial charge in [0.25, 0.3) is 0 Å². The Morgan fingerprint density at radius 2 is 1.67 bits per heavy atom. The smallest absolute Gasteiger partial charge is 0.158 e. The summed E-state index contributed by atoms with van der Waals surface area (Å²) in [5, 5.41) is 0. The van der Waals surface area contributed by atoms with Crippen molar-refractivity contribution in [2.24, 2.45) is 0 Å². The molecule has 0 atom stereocenters. The van der Waals surface area contributed by atoms with Gasteiger partial charge in [-0.1, -0.05) is 29.9 Å². The van der Waals surface area contributed by atoms with Crippen LogP contribution in [0.2, 0.25) is 0 Å².